The molecule has 3 rings (SSSR count). The number of halogens is 1. The Hall–Kier alpha value is -2.23. The van der Waals surface area contributed by atoms with Crippen LogP contribution in [0, 0.1) is 23.7 Å². The number of carbonyl (C=O) groups is 1. The first-order chi connectivity index (χ1) is 12.8. The topological polar surface area (TPSA) is 81.3 Å². The lowest BCUT2D eigenvalue weighted by atomic mass is 9.68. The first-order valence-corrected chi connectivity index (χ1v) is 9.49. The zero-order chi connectivity index (χ0) is 19.6. The van der Waals surface area contributed by atoms with Gasteiger partial charge in [0.2, 0.25) is 0 Å². The largest absolute Gasteiger partial charge is 0.388 e. The van der Waals surface area contributed by atoms with Crippen LogP contribution in [0.3, 0.4) is 0 Å². The lowest BCUT2D eigenvalue weighted by Gasteiger charge is -2.43. The maximum absolute atomic E-state index is 12.1. The number of aliphatic hydroxyl groups excluding tert-OH is 1. The average Bonchev–Trinajstić information content (AvgIpc) is 3.13. The van der Waals surface area contributed by atoms with E-state index in [9.17, 15) is 9.90 Å². The van der Waals surface area contributed by atoms with E-state index in [4.69, 9.17) is 18.0 Å². The van der Waals surface area contributed by atoms with Gasteiger partial charge < -0.3 is 15.3 Å². The van der Waals surface area contributed by atoms with Crippen molar-refractivity contribution >= 4 is 28.5 Å². The first kappa shape index (κ1) is 19.5. The van der Waals surface area contributed by atoms with Crippen molar-refractivity contribution in [2.24, 2.45) is 11.3 Å². The van der Waals surface area contributed by atoms with Gasteiger partial charge in [-0.1, -0.05) is 31.4 Å². The fourth-order valence-electron chi connectivity index (χ4n) is 3.96. The SMILES string of the molecule is C#CCNC(=O)N1CCC(C(C)(C)C(O)c2cc(Cl)cc3[nH]ncc23)CC1. The molecule has 1 atom stereocenters. The molecule has 27 heavy (non-hydrogen) atoms. The zero-order valence-corrected chi connectivity index (χ0v) is 16.4. The number of piperidine rings is 1. The molecule has 0 bridgehead atoms. The molecule has 1 aliphatic rings. The van der Waals surface area contributed by atoms with E-state index in [1.807, 2.05) is 6.07 Å². The number of likely N-dealkylation sites (tertiary alicyclic amines) is 1. The number of nitrogens with zero attached hydrogens (tertiary/aromatic N) is 2. The molecule has 2 aromatic rings. The summed E-state index contributed by atoms with van der Waals surface area (Å²) in [5, 5.41) is 22.4. The molecule has 2 heterocycles. The lowest BCUT2D eigenvalue weighted by Crippen LogP contribution is -2.47. The number of fused-ring (bicyclic) bond motifs is 1. The maximum atomic E-state index is 12.1. The quantitative estimate of drug-likeness (QED) is 0.702. The Morgan fingerprint density at radius 2 is 2.22 bits per heavy atom. The average molecular weight is 389 g/mol. The van der Waals surface area contributed by atoms with E-state index in [0.29, 0.717) is 18.1 Å². The van der Waals surface area contributed by atoms with Crippen LogP contribution in [0.15, 0.2) is 18.3 Å². The molecule has 1 saturated heterocycles. The van der Waals surface area contributed by atoms with Crippen molar-refractivity contribution in [3.05, 3.63) is 28.9 Å². The number of aromatic nitrogens is 2. The third-order valence-electron chi connectivity index (χ3n) is 5.73. The van der Waals surface area contributed by atoms with Crippen molar-refractivity contribution in [2.75, 3.05) is 19.6 Å². The van der Waals surface area contributed by atoms with Crippen LogP contribution in [-0.2, 0) is 0 Å². The fraction of sp³-hybridized carbons (Fsp3) is 0.500. The molecular formula is C20H25ClN4O2. The molecule has 0 spiro atoms. The van der Waals surface area contributed by atoms with Gasteiger partial charge in [-0.15, -0.1) is 6.42 Å². The molecule has 2 amide bonds. The van der Waals surface area contributed by atoms with Crippen molar-refractivity contribution in [2.45, 2.75) is 32.8 Å². The van der Waals surface area contributed by atoms with Gasteiger partial charge in [0.25, 0.3) is 0 Å². The van der Waals surface area contributed by atoms with Crippen LogP contribution in [-0.4, -0.2) is 45.9 Å². The minimum Gasteiger partial charge on any atom is -0.388 e. The number of rotatable bonds is 4. The van der Waals surface area contributed by atoms with Gasteiger partial charge in [-0.3, -0.25) is 5.10 Å². The summed E-state index contributed by atoms with van der Waals surface area (Å²) in [6.45, 7) is 5.67. The minimum absolute atomic E-state index is 0.125. The minimum atomic E-state index is -0.692. The predicted molar refractivity (Wildman–Crippen MR) is 106 cm³/mol. The Morgan fingerprint density at radius 3 is 2.89 bits per heavy atom. The Balaban J connectivity index is 1.74. The summed E-state index contributed by atoms with van der Waals surface area (Å²) in [7, 11) is 0. The number of H-pyrrole nitrogens is 1. The van der Waals surface area contributed by atoms with Gasteiger partial charge in [0.05, 0.1) is 24.4 Å². The second-order valence-electron chi connectivity index (χ2n) is 7.67. The normalized spacial score (nSPS) is 16.9. The number of hydrogen-bond donors (Lipinski definition) is 3. The number of benzene rings is 1. The van der Waals surface area contributed by atoms with Gasteiger partial charge in [0, 0.05) is 23.5 Å². The summed E-state index contributed by atoms with van der Waals surface area (Å²) in [6, 6.07) is 3.49. The first-order valence-electron chi connectivity index (χ1n) is 9.11. The van der Waals surface area contributed by atoms with Crippen LogP contribution in [0.1, 0.15) is 38.4 Å². The summed E-state index contributed by atoms with van der Waals surface area (Å²) >= 11 is 6.23. The Kier molecular flexibility index (Phi) is 5.64. The van der Waals surface area contributed by atoms with Gasteiger partial charge in [0.1, 0.15) is 0 Å². The second-order valence-corrected chi connectivity index (χ2v) is 8.11. The smallest absolute Gasteiger partial charge is 0.318 e. The van der Waals surface area contributed by atoms with Crippen molar-refractivity contribution in [3.63, 3.8) is 0 Å². The van der Waals surface area contributed by atoms with E-state index in [0.717, 1.165) is 29.3 Å². The van der Waals surface area contributed by atoms with Crippen molar-refractivity contribution < 1.29 is 9.90 Å². The molecule has 1 aliphatic heterocycles. The lowest BCUT2D eigenvalue weighted by molar-refractivity contribution is -0.0142. The van der Waals surface area contributed by atoms with Crippen molar-refractivity contribution in [1.29, 1.82) is 0 Å². The summed E-state index contributed by atoms with van der Waals surface area (Å²) in [5.41, 5.74) is 1.22. The number of aromatic amines is 1. The highest BCUT2D eigenvalue weighted by atomic mass is 35.5. The molecule has 1 aromatic carbocycles. The van der Waals surface area contributed by atoms with E-state index in [1.54, 1.807) is 17.2 Å². The van der Waals surface area contributed by atoms with Gasteiger partial charge in [-0.05, 0) is 41.9 Å². The predicted octanol–water partition coefficient (Wildman–Crippen LogP) is 3.33. The maximum Gasteiger partial charge on any atom is 0.318 e. The number of carbonyl (C=O) groups excluding carboxylic acids is 1. The third kappa shape index (κ3) is 3.90. The van der Waals surface area contributed by atoms with Gasteiger partial charge in [-0.25, -0.2) is 4.79 Å². The molecule has 0 aliphatic carbocycles. The van der Waals surface area contributed by atoms with E-state index in [2.05, 4.69) is 35.3 Å². The summed E-state index contributed by atoms with van der Waals surface area (Å²) in [6.07, 6.45) is 7.86. The fourth-order valence-corrected chi connectivity index (χ4v) is 4.18. The van der Waals surface area contributed by atoms with E-state index in [1.165, 1.54) is 0 Å². The van der Waals surface area contributed by atoms with Gasteiger partial charge in [0.15, 0.2) is 0 Å². The molecule has 0 saturated carbocycles. The Labute approximate surface area is 164 Å². The van der Waals surface area contributed by atoms with Crippen LogP contribution >= 0.6 is 11.6 Å². The van der Waals surface area contributed by atoms with E-state index in [-0.39, 0.29) is 23.9 Å². The third-order valence-corrected chi connectivity index (χ3v) is 5.95. The second kappa shape index (κ2) is 7.79. The number of hydrogen-bond acceptors (Lipinski definition) is 3. The number of urea groups is 1. The Bertz CT molecular complexity index is 862. The molecule has 1 aromatic heterocycles. The summed E-state index contributed by atoms with van der Waals surface area (Å²) in [4.78, 5) is 13.8. The molecular weight excluding hydrogens is 364 g/mol. The molecule has 6 nitrogen and oxygen atoms in total. The van der Waals surface area contributed by atoms with Crippen molar-refractivity contribution in [3.8, 4) is 12.3 Å². The number of terminal acetylenes is 1. The van der Waals surface area contributed by atoms with E-state index >= 15 is 0 Å². The standard InChI is InChI=1S/C20H25ClN4O2/c1-4-7-22-19(27)25-8-5-13(6-9-25)20(2,3)18(26)15-10-14(21)11-17-16(15)12-23-24-17/h1,10-13,18,26H,5-9H2,2-3H3,(H,22,27)(H,23,24). The Morgan fingerprint density at radius 1 is 1.52 bits per heavy atom. The summed E-state index contributed by atoms with van der Waals surface area (Å²) < 4.78 is 0. The van der Waals surface area contributed by atoms with Crippen molar-refractivity contribution in [1.82, 2.24) is 20.4 Å². The monoisotopic (exact) mass is 388 g/mol. The number of nitrogens with one attached hydrogen (secondary N) is 2. The number of aliphatic hydroxyl groups is 1. The number of amides is 2. The van der Waals surface area contributed by atoms with Gasteiger partial charge >= 0.3 is 6.03 Å². The molecule has 144 valence electrons. The van der Waals surface area contributed by atoms with Crippen LogP contribution in [0.4, 0.5) is 4.79 Å². The van der Waals surface area contributed by atoms with Crippen LogP contribution in [0.2, 0.25) is 5.02 Å². The van der Waals surface area contributed by atoms with Crippen LogP contribution < -0.4 is 5.32 Å². The summed E-state index contributed by atoms with van der Waals surface area (Å²) in [5.74, 6) is 2.68. The van der Waals surface area contributed by atoms with Gasteiger partial charge in [-0.2, -0.15) is 5.10 Å². The van der Waals surface area contributed by atoms with Crippen LogP contribution in [0.25, 0.3) is 10.9 Å². The molecule has 7 heteroatoms. The van der Waals surface area contributed by atoms with Crippen LogP contribution in [0.5, 0.6) is 0 Å². The highest BCUT2D eigenvalue weighted by molar-refractivity contribution is 6.31. The molecule has 1 unspecified atom stereocenters. The molecule has 0 radical (unpaired) electrons. The van der Waals surface area contributed by atoms with E-state index < -0.39 is 6.10 Å². The molecule has 1 fully saturated rings. The molecule has 3 N–H and O–H groups in total. The highest BCUT2D eigenvalue weighted by Gasteiger charge is 2.40. The highest BCUT2D eigenvalue weighted by Crippen LogP contribution is 2.46. The zero-order valence-electron chi connectivity index (χ0n) is 15.6.